The molecular formula is C13H18N2OS. The van der Waals surface area contributed by atoms with Crippen LogP contribution in [0, 0.1) is 12.3 Å². The molecule has 0 saturated carbocycles. The van der Waals surface area contributed by atoms with E-state index in [2.05, 4.69) is 23.5 Å². The molecule has 0 aliphatic carbocycles. The van der Waals surface area contributed by atoms with Crippen molar-refractivity contribution in [1.29, 1.82) is 0 Å². The third kappa shape index (κ3) is 4.59. The Kier molecular flexibility index (Phi) is 5.75. The fourth-order valence-corrected chi connectivity index (χ4v) is 2.31. The predicted molar refractivity (Wildman–Crippen MR) is 73.0 cm³/mol. The van der Waals surface area contributed by atoms with Crippen LogP contribution >= 0.6 is 11.3 Å². The Morgan fingerprint density at radius 1 is 1.65 bits per heavy atom. The summed E-state index contributed by atoms with van der Waals surface area (Å²) in [5, 5.41) is 8.08. The SMILES string of the molecule is C#CC(CCC)NCc1sccc1NC(C)=O. The first-order valence-corrected chi connectivity index (χ1v) is 6.58. The molecule has 3 nitrogen and oxygen atoms in total. The van der Waals surface area contributed by atoms with Crippen LogP contribution in [-0.4, -0.2) is 11.9 Å². The zero-order chi connectivity index (χ0) is 12.7. The van der Waals surface area contributed by atoms with Gasteiger partial charge in [-0.3, -0.25) is 10.1 Å². The van der Waals surface area contributed by atoms with Gasteiger partial charge in [-0.15, -0.1) is 17.8 Å². The van der Waals surface area contributed by atoms with Gasteiger partial charge in [0.2, 0.25) is 5.91 Å². The number of rotatable bonds is 6. The van der Waals surface area contributed by atoms with Crippen molar-refractivity contribution < 1.29 is 4.79 Å². The van der Waals surface area contributed by atoms with Gasteiger partial charge in [-0.25, -0.2) is 0 Å². The van der Waals surface area contributed by atoms with E-state index in [4.69, 9.17) is 6.42 Å². The third-order valence-corrected chi connectivity index (χ3v) is 3.26. The van der Waals surface area contributed by atoms with Crippen molar-refractivity contribution in [2.45, 2.75) is 39.3 Å². The van der Waals surface area contributed by atoms with E-state index in [9.17, 15) is 4.79 Å². The van der Waals surface area contributed by atoms with E-state index in [-0.39, 0.29) is 11.9 Å². The maximum atomic E-state index is 11.0. The molecule has 1 amide bonds. The molecule has 1 aromatic heterocycles. The molecule has 92 valence electrons. The number of hydrogen-bond acceptors (Lipinski definition) is 3. The van der Waals surface area contributed by atoms with Crippen molar-refractivity contribution in [3.05, 3.63) is 16.3 Å². The van der Waals surface area contributed by atoms with Gasteiger partial charge in [0.05, 0.1) is 11.7 Å². The normalized spacial score (nSPS) is 11.8. The second-order valence-electron chi connectivity index (χ2n) is 3.83. The highest BCUT2D eigenvalue weighted by Crippen LogP contribution is 2.22. The highest BCUT2D eigenvalue weighted by Gasteiger charge is 2.08. The summed E-state index contributed by atoms with van der Waals surface area (Å²) in [5.41, 5.74) is 0.877. The highest BCUT2D eigenvalue weighted by atomic mass is 32.1. The summed E-state index contributed by atoms with van der Waals surface area (Å²) in [6, 6.07) is 2.01. The molecule has 0 saturated heterocycles. The minimum atomic E-state index is -0.0493. The minimum absolute atomic E-state index is 0.0493. The molecule has 1 atom stereocenters. The number of hydrogen-bond donors (Lipinski definition) is 2. The number of terminal acetylenes is 1. The molecular weight excluding hydrogens is 232 g/mol. The monoisotopic (exact) mass is 250 g/mol. The van der Waals surface area contributed by atoms with E-state index in [1.165, 1.54) is 6.92 Å². The van der Waals surface area contributed by atoms with Gasteiger partial charge in [0.1, 0.15) is 0 Å². The van der Waals surface area contributed by atoms with Crippen molar-refractivity contribution in [3.63, 3.8) is 0 Å². The van der Waals surface area contributed by atoms with E-state index >= 15 is 0 Å². The van der Waals surface area contributed by atoms with Gasteiger partial charge < -0.3 is 5.32 Å². The summed E-state index contributed by atoms with van der Waals surface area (Å²) in [6.07, 6.45) is 7.47. The molecule has 0 aliphatic heterocycles. The number of anilines is 1. The molecule has 0 spiro atoms. The molecule has 0 radical (unpaired) electrons. The Morgan fingerprint density at radius 3 is 3.00 bits per heavy atom. The Bertz CT molecular complexity index is 406. The average molecular weight is 250 g/mol. The van der Waals surface area contributed by atoms with E-state index < -0.39 is 0 Å². The van der Waals surface area contributed by atoms with Gasteiger partial charge in [0, 0.05) is 18.3 Å². The van der Waals surface area contributed by atoms with Crippen LogP contribution in [0.25, 0.3) is 0 Å². The number of amides is 1. The van der Waals surface area contributed by atoms with Gasteiger partial charge in [0.25, 0.3) is 0 Å². The molecule has 1 rings (SSSR count). The third-order valence-electron chi connectivity index (χ3n) is 2.34. The maximum Gasteiger partial charge on any atom is 0.221 e. The van der Waals surface area contributed by atoms with Crippen LogP contribution in [0.2, 0.25) is 0 Å². The second-order valence-corrected chi connectivity index (χ2v) is 4.83. The number of carbonyl (C=O) groups is 1. The average Bonchev–Trinajstić information content (AvgIpc) is 2.71. The Labute approximate surface area is 107 Å². The van der Waals surface area contributed by atoms with Crippen LogP contribution in [0.4, 0.5) is 5.69 Å². The number of nitrogens with one attached hydrogen (secondary N) is 2. The molecule has 2 N–H and O–H groups in total. The fourth-order valence-electron chi connectivity index (χ4n) is 1.53. The summed E-state index contributed by atoms with van der Waals surface area (Å²) in [6.45, 7) is 4.32. The first-order valence-electron chi connectivity index (χ1n) is 5.70. The predicted octanol–water partition coefficient (Wildman–Crippen LogP) is 2.60. The summed E-state index contributed by atoms with van der Waals surface area (Å²) in [5.74, 6) is 2.68. The molecule has 1 heterocycles. The van der Waals surface area contributed by atoms with Crippen molar-refractivity contribution >= 4 is 22.9 Å². The first-order chi connectivity index (χ1) is 8.17. The zero-order valence-corrected chi connectivity index (χ0v) is 11.1. The Hall–Kier alpha value is -1.31. The molecule has 17 heavy (non-hydrogen) atoms. The van der Waals surface area contributed by atoms with E-state index in [0.717, 1.165) is 23.4 Å². The summed E-state index contributed by atoms with van der Waals surface area (Å²) >= 11 is 1.62. The van der Waals surface area contributed by atoms with Crippen molar-refractivity contribution in [1.82, 2.24) is 5.32 Å². The van der Waals surface area contributed by atoms with E-state index in [0.29, 0.717) is 6.54 Å². The van der Waals surface area contributed by atoms with Gasteiger partial charge in [-0.05, 0) is 17.9 Å². The lowest BCUT2D eigenvalue weighted by molar-refractivity contribution is -0.114. The molecule has 0 fully saturated rings. The van der Waals surface area contributed by atoms with E-state index in [1.54, 1.807) is 11.3 Å². The van der Waals surface area contributed by atoms with Crippen LogP contribution in [0.5, 0.6) is 0 Å². The van der Waals surface area contributed by atoms with Gasteiger partial charge in [-0.2, -0.15) is 0 Å². The molecule has 0 aromatic carbocycles. The van der Waals surface area contributed by atoms with Crippen LogP contribution in [-0.2, 0) is 11.3 Å². The van der Waals surface area contributed by atoms with Crippen LogP contribution in [0.15, 0.2) is 11.4 Å². The lowest BCUT2D eigenvalue weighted by atomic mass is 10.2. The summed E-state index contributed by atoms with van der Waals surface area (Å²) in [4.78, 5) is 12.1. The standard InChI is InChI=1S/C13H18N2OS/c1-4-6-11(5-2)14-9-13-12(7-8-17-13)15-10(3)16/h2,7-8,11,14H,4,6,9H2,1,3H3,(H,15,16). The smallest absolute Gasteiger partial charge is 0.221 e. The van der Waals surface area contributed by atoms with Gasteiger partial charge in [0.15, 0.2) is 0 Å². The maximum absolute atomic E-state index is 11.0. The van der Waals surface area contributed by atoms with Crippen molar-refractivity contribution in [3.8, 4) is 12.3 Å². The Balaban J connectivity index is 2.54. The molecule has 0 aliphatic rings. The highest BCUT2D eigenvalue weighted by molar-refractivity contribution is 7.10. The van der Waals surface area contributed by atoms with E-state index in [1.807, 2.05) is 11.4 Å². The van der Waals surface area contributed by atoms with Crippen LogP contribution < -0.4 is 10.6 Å². The quantitative estimate of drug-likeness (QED) is 0.762. The topological polar surface area (TPSA) is 41.1 Å². The largest absolute Gasteiger partial charge is 0.325 e. The zero-order valence-electron chi connectivity index (χ0n) is 10.2. The van der Waals surface area contributed by atoms with Crippen LogP contribution in [0.3, 0.4) is 0 Å². The van der Waals surface area contributed by atoms with Crippen molar-refractivity contribution in [2.24, 2.45) is 0 Å². The lowest BCUT2D eigenvalue weighted by Crippen LogP contribution is -2.26. The van der Waals surface area contributed by atoms with Crippen molar-refractivity contribution in [2.75, 3.05) is 5.32 Å². The fraction of sp³-hybridized carbons (Fsp3) is 0.462. The lowest BCUT2D eigenvalue weighted by Gasteiger charge is -2.12. The first kappa shape index (κ1) is 13.8. The van der Waals surface area contributed by atoms with Crippen LogP contribution in [0.1, 0.15) is 31.6 Å². The number of thiophene rings is 1. The summed E-state index contributed by atoms with van der Waals surface area (Å²) in [7, 11) is 0. The molecule has 4 heteroatoms. The van der Waals surface area contributed by atoms with Gasteiger partial charge >= 0.3 is 0 Å². The summed E-state index contributed by atoms with van der Waals surface area (Å²) < 4.78 is 0. The number of carbonyl (C=O) groups excluding carboxylic acids is 1. The van der Waals surface area contributed by atoms with Gasteiger partial charge in [-0.1, -0.05) is 19.3 Å². The second kappa shape index (κ2) is 7.10. The Morgan fingerprint density at radius 2 is 2.41 bits per heavy atom. The minimum Gasteiger partial charge on any atom is -0.325 e. The molecule has 1 aromatic rings. The molecule has 1 unspecified atom stereocenters. The molecule has 0 bridgehead atoms.